The summed E-state index contributed by atoms with van der Waals surface area (Å²) in [5.41, 5.74) is 7.90. The van der Waals surface area contributed by atoms with Gasteiger partial charge in [-0.25, -0.2) is 0 Å². The maximum absolute atomic E-state index is 11.7. The van der Waals surface area contributed by atoms with Gasteiger partial charge in [0, 0.05) is 25.2 Å². The number of hydrogen-bond acceptors (Lipinski definition) is 4. The molecule has 1 amide bonds. The van der Waals surface area contributed by atoms with Crippen molar-refractivity contribution < 1.29 is 4.79 Å². The zero-order valence-electron chi connectivity index (χ0n) is 11.6. The van der Waals surface area contributed by atoms with Gasteiger partial charge in [-0.05, 0) is 32.0 Å². The molecule has 5 nitrogen and oxygen atoms in total. The number of carbonyl (C=O) groups excluding carboxylic acids is 1. The first-order valence-corrected chi connectivity index (χ1v) is 6.28. The van der Waals surface area contributed by atoms with Crippen LogP contribution in [0.25, 0.3) is 0 Å². The second-order valence-corrected chi connectivity index (χ2v) is 4.46. The SMILES string of the molecule is CCNC(=O)c1ccc(N(C)C(C)CC#N)c(N)c1. The van der Waals surface area contributed by atoms with Gasteiger partial charge in [-0.2, -0.15) is 5.26 Å². The molecule has 0 aliphatic heterocycles. The van der Waals surface area contributed by atoms with Gasteiger partial charge in [0.15, 0.2) is 0 Å². The van der Waals surface area contributed by atoms with Gasteiger partial charge < -0.3 is 16.0 Å². The highest BCUT2D eigenvalue weighted by atomic mass is 16.1. The second kappa shape index (κ2) is 6.64. The van der Waals surface area contributed by atoms with Crippen LogP contribution in [-0.2, 0) is 0 Å². The van der Waals surface area contributed by atoms with Crippen LogP contribution in [0.15, 0.2) is 18.2 Å². The molecule has 0 saturated carbocycles. The van der Waals surface area contributed by atoms with E-state index in [4.69, 9.17) is 11.0 Å². The molecule has 0 aliphatic rings. The molecule has 0 bridgehead atoms. The highest BCUT2D eigenvalue weighted by Gasteiger charge is 2.14. The van der Waals surface area contributed by atoms with Crippen molar-refractivity contribution >= 4 is 17.3 Å². The van der Waals surface area contributed by atoms with Crippen molar-refractivity contribution in [2.45, 2.75) is 26.3 Å². The van der Waals surface area contributed by atoms with Gasteiger partial charge >= 0.3 is 0 Å². The van der Waals surface area contributed by atoms with E-state index in [1.54, 1.807) is 12.1 Å². The van der Waals surface area contributed by atoms with Gasteiger partial charge in [0.1, 0.15) is 0 Å². The van der Waals surface area contributed by atoms with Crippen molar-refractivity contribution in [3.05, 3.63) is 23.8 Å². The number of anilines is 2. The summed E-state index contributed by atoms with van der Waals surface area (Å²) in [6, 6.07) is 7.43. The third kappa shape index (κ3) is 3.62. The zero-order chi connectivity index (χ0) is 14.4. The highest BCUT2D eigenvalue weighted by Crippen LogP contribution is 2.25. The molecular weight excluding hydrogens is 240 g/mol. The molecule has 0 saturated heterocycles. The summed E-state index contributed by atoms with van der Waals surface area (Å²) >= 11 is 0. The van der Waals surface area contributed by atoms with Crippen LogP contribution in [0, 0.1) is 11.3 Å². The molecule has 102 valence electrons. The maximum atomic E-state index is 11.7. The third-order valence-corrected chi connectivity index (χ3v) is 3.05. The predicted octanol–water partition coefficient (Wildman–Crippen LogP) is 1.76. The van der Waals surface area contributed by atoms with Crippen LogP contribution in [-0.4, -0.2) is 25.5 Å². The lowest BCUT2D eigenvalue weighted by Crippen LogP contribution is -2.29. The monoisotopic (exact) mass is 260 g/mol. The van der Waals surface area contributed by atoms with Gasteiger partial charge in [-0.15, -0.1) is 0 Å². The molecule has 0 radical (unpaired) electrons. The van der Waals surface area contributed by atoms with E-state index in [0.717, 1.165) is 5.69 Å². The standard InChI is InChI=1S/C14H20N4O/c1-4-17-14(19)11-5-6-13(12(16)9-11)18(3)10(2)7-8-15/h5-6,9-10H,4,7,16H2,1-3H3,(H,17,19). The Morgan fingerprint density at radius 3 is 2.79 bits per heavy atom. The second-order valence-electron chi connectivity index (χ2n) is 4.46. The quantitative estimate of drug-likeness (QED) is 0.790. The average Bonchev–Trinajstić information content (AvgIpc) is 2.38. The predicted molar refractivity (Wildman–Crippen MR) is 77.0 cm³/mol. The molecule has 0 fully saturated rings. The Morgan fingerprint density at radius 1 is 1.58 bits per heavy atom. The van der Waals surface area contributed by atoms with Crippen LogP contribution in [0.1, 0.15) is 30.6 Å². The van der Waals surface area contributed by atoms with Gasteiger partial charge in [-0.1, -0.05) is 0 Å². The van der Waals surface area contributed by atoms with E-state index in [1.807, 2.05) is 31.9 Å². The fraction of sp³-hybridized carbons (Fsp3) is 0.429. The Balaban J connectivity index is 2.94. The molecule has 1 aromatic carbocycles. The van der Waals surface area contributed by atoms with Crippen LogP contribution in [0.2, 0.25) is 0 Å². The van der Waals surface area contributed by atoms with Gasteiger partial charge in [-0.3, -0.25) is 4.79 Å². The molecule has 1 unspecified atom stereocenters. The molecule has 1 aromatic rings. The Labute approximate surface area is 114 Å². The van der Waals surface area contributed by atoms with Crippen LogP contribution < -0.4 is 16.0 Å². The molecule has 0 aliphatic carbocycles. The fourth-order valence-electron chi connectivity index (χ4n) is 1.79. The third-order valence-electron chi connectivity index (χ3n) is 3.05. The Morgan fingerprint density at radius 2 is 2.26 bits per heavy atom. The van der Waals surface area contributed by atoms with E-state index in [1.165, 1.54) is 0 Å². The smallest absolute Gasteiger partial charge is 0.251 e. The lowest BCUT2D eigenvalue weighted by atomic mass is 10.1. The number of benzene rings is 1. The van der Waals surface area contributed by atoms with Crippen LogP contribution in [0.3, 0.4) is 0 Å². The Kier molecular flexibility index (Phi) is 5.19. The van der Waals surface area contributed by atoms with Gasteiger partial charge in [0.2, 0.25) is 0 Å². The molecule has 19 heavy (non-hydrogen) atoms. The molecule has 1 rings (SSSR count). The maximum Gasteiger partial charge on any atom is 0.251 e. The number of nitrogens with one attached hydrogen (secondary N) is 1. The van der Waals surface area contributed by atoms with Crippen molar-refractivity contribution in [2.75, 3.05) is 24.2 Å². The summed E-state index contributed by atoms with van der Waals surface area (Å²) in [6.45, 7) is 4.41. The van der Waals surface area contributed by atoms with E-state index in [0.29, 0.717) is 24.2 Å². The molecule has 0 heterocycles. The topological polar surface area (TPSA) is 82.2 Å². The van der Waals surface area contributed by atoms with Gasteiger partial charge in [0.25, 0.3) is 5.91 Å². The van der Waals surface area contributed by atoms with Gasteiger partial charge in [0.05, 0.1) is 23.9 Å². The number of nitrogens with two attached hydrogens (primary N) is 1. The lowest BCUT2D eigenvalue weighted by molar-refractivity contribution is 0.0956. The average molecular weight is 260 g/mol. The Bertz CT molecular complexity index is 493. The summed E-state index contributed by atoms with van der Waals surface area (Å²) in [5.74, 6) is -0.131. The number of nitrogens with zero attached hydrogens (tertiary/aromatic N) is 2. The molecule has 1 atom stereocenters. The van der Waals surface area contributed by atoms with E-state index in [-0.39, 0.29) is 11.9 Å². The first-order valence-electron chi connectivity index (χ1n) is 6.28. The summed E-state index contributed by atoms with van der Waals surface area (Å²) in [6.07, 6.45) is 0.425. The summed E-state index contributed by atoms with van der Waals surface area (Å²) in [7, 11) is 1.89. The van der Waals surface area contributed by atoms with E-state index >= 15 is 0 Å². The van der Waals surface area contributed by atoms with E-state index < -0.39 is 0 Å². The largest absolute Gasteiger partial charge is 0.397 e. The van der Waals surface area contributed by atoms with Crippen LogP contribution in [0.5, 0.6) is 0 Å². The van der Waals surface area contributed by atoms with Crippen molar-refractivity contribution in [3.63, 3.8) is 0 Å². The number of nitrogen functional groups attached to an aromatic ring is 1. The lowest BCUT2D eigenvalue weighted by Gasteiger charge is -2.26. The van der Waals surface area contributed by atoms with Crippen LogP contribution in [0.4, 0.5) is 11.4 Å². The van der Waals surface area contributed by atoms with Crippen LogP contribution >= 0.6 is 0 Å². The van der Waals surface area contributed by atoms with E-state index in [2.05, 4.69) is 11.4 Å². The number of carbonyl (C=O) groups is 1. The van der Waals surface area contributed by atoms with Crippen molar-refractivity contribution in [1.82, 2.24) is 5.32 Å². The number of amides is 1. The molecule has 0 aromatic heterocycles. The molecule has 5 heteroatoms. The Hall–Kier alpha value is -2.22. The first kappa shape index (κ1) is 14.8. The fourth-order valence-corrected chi connectivity index (χ4v) is 1.79. The minimum Gasteiger partial charge on any atom is -0.397 e. The minimum absolute atomic E-state index is 0.0719. The van der Waals surface area contributed by atoms with Crippen molar-refractivity contribution in [1.29, 1.82) is 5.26 Å². The van der Waals surface area contributed by atoms with Crippen molar-refractivity contribution in [2.24, 2.45) is 0 Å². The minimum atomic E-state index is -0.131. The first-order chi connectivity index (χ1) is 9.01. The normalized spacial score (nSPS) is 11.5. The van der Waals surface area contributed by atoms with E-state index in [9.17, 15) is 4.79 Å². The summed E-state index contributed by atoms with van der Waals surface area (Å²) in [5, 5.41) is 11.4. The zero-order valence-corrected chi connectivity index (χ0v) is 11.6. The number of rotatable bonds is 5. The molecule has 0 spiro atoms. The molecule has 3 N–H and O–H groups in total. The summed E-state index contributed by atoms with van der Waals surface area (Å²) < 4.78 is 0. The summed E-state index contributed by atoms with van der Waals surface area (Å²) in [4.78, 5) is 13.6. The number of nitriles is 1. The number of hydrogen-bond donors (Lipinski definition) is 2. The highest BCUT2D eigenvalue weighted by molar-refractivity contribution is 5.96. The van der Waals surface area contributed by atoms with Crippen molar-refractivity contribution in [3.8, 4) is 6.07 Å². The molecular formula is C14H20N4O.